The number of carbonyl (C=O) groups excluding carboxylic acids is 1. The Bertz CT molecular complexity index is 608. The van der Waals surface area contributed by atoms with Crippen molar-refractivity contribution in [3.63, 3.8) is 0 Å². The summed E-state index contributed by atoms with van der Waals surface area (Å²) >= 11 is 0. The third-order valence-corrected chi connectivity index (χ3v) is 3.93. The van der Waals surface area contributed by atoms with Gasteiger partial charge in [-0.3, -0.25) is 8.98 Å². The minimum atomic E-state index is -4.54. The monoisotopic (exact) mass is 340 g/mol. The third-order valence-electron chi connectivity index (χ3n) is 2.60. The van der Waals surface area contributed by atoms with E-state index >= 15 is 0 Å². The van der Waals surface area contributed by atoms with E-state index < -0.39 is 33.9 Å². The van der Waals surface area contributed by atoms with Gasteiger partial charge in [0.1, 0.15) is 6.10 Å². The molecule has 1 aromatic carbocycles. The van der Waals surface area contributed by atoms with Crippen molar-refractivity contribution in [1.29, 1.82) is 0 Å². The van der Waals surface area contributed by atoms with Crippen molar-refractivity contribution in [2.75, 3.05) is 6.61 Å². The van der Waals surface area contributed by atoms with E-state index in [0.29, 0.717) is 12.1 Å². The summed E-state index contributed by atoms with van der Waals surface area (Å²) in [5, 5.41) is 0. The zero-order chi connectivity index (χ0) is 17.0. The quantitative estimate of drug-likeness (QED) is 0.588. The summed E-state index contributed by atoms with van der Waals surface area (Å²) in [6.07, 6.45) is -4.93. The molecule has 0 aliphatic carbocycles. The van der Waals surface area contributed by atoms with Gasteiger partial charge in [-0.05, 0) is 31.2 Å². The molecule has 0 saturated carbocycles. The second-order valence-corrected chi connectivity index (χ2v) is 6.12. The fourth-order valence-electron chi connectivity index (χ4n) is 1.54. The number of hydrogen-bond donors (Lipinski definition) is 0. The van der Waals surface area contributed by atoms with Crippen molar-refractivity contribution < 1.29 is 35.3 Å². The molecular weight excluding hydrogens is 325 g/mol. The molecule has 0 spiro atoms. The van der Waals surface area contributed by atoms with Crippen molar-refractivity contribution in [1.82, 2.24) is 0 Å². The van der Waals surface area contributed by atoms with Gasteiger partial charge in [0.05, 0.1) is 17.1 Å². The number of hydrogen-bond acceptors (Lipinski definition) is 5. The summed E-state index contributed by atoms with van der Waals surface area (Å²) in [5.74, 6) is -0.502. The Hall–Kier alpha value is -1.61. The predicted molar refractivity (Wildman–Crippen MR) is 70.4 cm³/mol. The maximum absolute atomic E-state index is 12.4. The fraction of sp³-hybridized carbons (Fsp3) is 0.462. The van der Waals surface area contributed by atoms with Crippen LogP contribution in [0.3, 0.4) is 0 Å². The van der Waals surface area contributed by atoms with Gasteiger partial charge in [0.15, 0.2) is 0 Å². The highest BCUT2D eigenvalue weighted by Gasteiger charge is 2.30. The van der Waals surface area contributed by atoms with E-state index in [4.69, 9.17) is 8.92 Å². The molecule has 0 aliphatic rings. The molecule has 0 fully saturated rings. The molecular formula is C13H15F3O5S. The van der Waals surface area contributed by atoms with Crippen LogP contribution in [0.25, 0.3) is 0 Å². The van der Waals surface area contributed by atoms with Crippen molar-refractivity contribution in [2.24, 2.45) is 0 Å². The van der Waals surface area contributed by atoms with Crippen LogP contribution in [0.2, 0.25) is 0 Å². The predicted octanol–water partition coefficient (Wildman–Crippen LogP) is 2.75. The molecule has 5 nitrogen and oxygen atoms in total. The van der Waals surface area contributed by atoms with Crippen LogP contribution in [0.4, 0.5) is 13.2 Å². The lowest BCUT2D eigenvalue weighted by molar-refractivity contribution is -0.146. The van der Waals surface area contributed by atoms with Crippen LogP contribution in [0.1, 0.15) is 25.8 Å². The van der Waals surface area contributed by atoms with E-state index in [0.717, 1.165) is 12.1 Å². The van der Waals surface area contributed by atoms with Gasteiger partial charge in [-0.1, -0.05) is 0 Å². The zero-order valence-corrected chi connectivity index (χ0v) is 12.7. The van der Waals surface area contributed by atoms with Crippen LogP contribution >= 0.6 is 0 Å². The number of alkyl halides is 3. The van der Waals surface area contributed by atoms with Gasteiger partial charge >= 0.3 is 12.1 Å². The first-order valence-electron chi connectivity index (χ1n) is 6.26. The van der Waals surface area contributed by atoms with E-state index in [9.17, 15) is 26.4 Å². The van der Waals surface area contributed by atoms with E-state index in [1.807, 2.05) is 0 Å². The number of rotatable bonds is 6. The van der Waals surface area contributed by atoms with Gasteiger partial charge in [-0.2, -0.15) is 21.6 Å². The first kappa shape index (κ1) is 18.4. The highest BCUT2D eigenvalue weighted by molar-refractivity contribution is 7.86. The van der Waals surface area contributed by atoms with E-state index in [-0.39, 0.29) is 17.9 Å². The lowest BCUT2D eigenvalue weighted by Crippen LogP contribution is -2.16. The first-order valence-corrected chi connectivity index (χ1v) is 7.67. The average Bonchev–Trinajstić information content (AvgIpc) is 2.36. The van der Waals surface area contributed by atoms with Gasteiger partial charge in [0.25, 0.3) is 10.1 Å². The van der Waals surface area contributed by atoms with Gasteiger partial charge < -0.3 is 4.74 Å². The molecule has 22 heavy (non-hydrogen) atoms. The van der Waals surface area contributed by atoms with Crippen LogP contribution in [-0.4, -0.2) is 27.1 Å². The van der Waals surface area contributed by atoms with Crippen molar-refractivity contribution in [3.05, 3.63) is 29.8 Å². The molecule has 0 saturated heterocycles. The SMILES string of the molecule is CC(=O)OC(C)CCOS(=O)(=O)c1ccc(C(F)(F)F)cc1. The molecule has 9 heteroatoms. The average molecular weight is 340 g/mol. The number of esters is 1. The Balaban J connectivity index is 2.65. The van der Waals surface area contributed by atoms with Crippen LogP contribution in [0, 0.1) is 0 Å². The summed E-state index contributed by atoms with van der Waals surface area (Å²) in [6, 6.07) is 2.98. The van der Waals surface area contributed by atoms with Crippen molar-refractivity contribution in [2.45, 2.75) is 37.4 Å². The van der Waals surface area contributed by atoms with E-state index in [1.54, 1.807) is 6.92 Å². The second kappa shape index (κ2) is 7.10. The highest BCUT2D eigenvalue weighted by atomic mass is 32.2. The van der Waals surface area contributed by atoms with E-state index in [1.165, 1.54) is 6.92 Å². The van der Waals surface area contributed by atoms with Gasteiger partial charge in [-0.25, -0.2) is 0 Å². The molecule has 0 aliphatic heterocycles. The lowest BCUT2D eigenvalue weighted by Gasteiger charge is -2.12. The van der Waals surface area contributed by atoms with Crippen LogP contribution in [-0.2, 0) is 30.0 Å². The molecule has 0 aromatic heterocycles. The summed E-state index contributed by atoms with van der Waals surface area (Å²) in [5.41, 5.74) is -0.949. The van der Waals surface area contributed by atoms with Crippen LogP contribution < -0.4 is 0 Å². The Kier molecular flexibility index (Phi) is 5.95. The molecule has 0 radical (unpaired) electrons. The van der Waals surface area contributed by atoms with Gasteiger partial charge in [0.2, 0.25) is 0 Å². The third kappa shape index (κ3) is 5.64. The number of carbonyl (C=O) groups is 1. The van der Waals surface area contributed by atoms with Crippen molar-refractivity contribution >= 4 is 16.1 Å². The molecule has 0 heterocycles. The summed E-state index contributed by atoms with van der Waals surface area (Å²) in [4.78, 5) is 10.3. The molecule has 1 atom stereocenters. The smallest absolute Gasteiger partial charge is 0.416 e. The summed E-state index contributed by atoms with van der Waals surface area (Å²) in [7, 11) is -4.15. The second-order valence-electron chi connectivity index (χ2n) is 4.51. The molecule has 0 N–H and O–H groups in total. The fourth-order valence-corrected chi connectivity index (χ4v) is 2.47. The standard InChI is InChI=1S/C13H15F3O5S/c1-9(21-10(2)17)7-8-20-22(18,19)12-5-3-11(4-6-12)13(14,15)16/h3-6,9H,7-8H2,1-2H3. The van der Waals surface area contributed by atoms with E-state index in [2.05, 4.69) is 0 Å². The summed E-state index contributed by atoms with van der Waals surface area (Å²) < 4.78 is 70.2. The van der Waals surface area contributed by atoms with Crippen molar-refractivity contribution in [3.8, 4) is 0 Å². The minimum Gasteiger partial charge on any atom is -0.463 e. The maximum Gasteiger partial charge on any atom is 0.416 e. The molecule has 0 bridgehead atoms. The number of benzene rings is 1. The highest BCUT2D eigenvalue weighted by Crippen LogP contribution is 2.29. The first-order chi connectivity index (χ1) is 10.0. The molecule has 124 valence electrons. The zero-order valence-electron chi connectivity index (χ0n) is 11.9. The normalized spacial score (nSPS) is 13.7. The minimum absolute atomic E-state index is 0.138. The topological polar surface area (TPSA) is 69.7 Å². The molecule has 1 rings (SSSR count). The largest absolute Gasteiger partial charge is 0.463 e. The Labute approximate surface area is 126 Å². The molecule has 1 unspecified atom stereocenters. The molecule has 1 aromatic rings. The maximum atomic E-state index is 12.4. The summed E-state index contributed by atoms with van der Waals surface area (Å²) in [6.45, 7) is 2.53. The Morgan fingerprint density at radius 1 is 1.23 bits per heavy atom. The Morgan fingerprint density at radius 3 is 2.23 bits per heavy atom. The molecule has 0 amide bonds. The number of ether oxygens (including phenoxy) is 1. The number of halogens is 3. The van der Waals surface area contributed by atoms with Crippen LogP contribution in [0.5, 0.6) is 0 Å². The van der Waals surface area contributed by atoms with Gasteiger partial charge in [0, 0.05) is 13.3 Å². The lowest BCUT2D eigenvalue weighted by atomic mass is 10.2. The van der Waals surface area contributed by atoms with Crippen LogP contribution in [0.15, 0.2) is 29.2 Å². The Morgan fingerprint density at radius 2 is 1.77 bits per heavy atom. The van der Waals surface area contributed by atoms with Gasteiger partial charge in [-0.15, -0.1) is 0 Å².